The molecule has 0 radical (unpaired) electrons. The Morgan fingerprint density at radius 3 is 2.30 bits per heavy atom. The Labute approximate surface area is 138 Å². The van der Waals surface area contributed by atoms with Gasteiger partial charge in [-0.3, -0.25) is 0 Å². The molecule has 23 heavy (non-hydrogen) atoms. The summed E-state index contributed by atoms with van der Waals surface area (Å²) in [5.41, 5.74) is 1.27. The van der Waals surface area contributed by atoms with E-state index in [4.69, 9.17) is 0 Å². The molecule has 0 rings (SSSR count). The maximum absolute atomic E-state index is 12.8. The standard InChI is InChI=1S/C19H28F3N/c1-6-8-11-18(15(3)4)17(10-9-13-23-12-7-2)14-16(5)19(20,21)22/h6,8,11,14,23H,3,5,7,9-10,12-13H2,1-2,4H3/b8-6-,17-14-,18-11+. The number of allylic oxidation sites excluding steroid dienone is 8. The van der Waals surface area contributed by atoms with Crippen LogP contribution in [0.1, 0.15) is 40.0 Å². The van der Waals surface area contributed by atoms with Crippen molar-refractivity contribution in [3.05, 3.63) is 59.8 Å². The minimum absolute atomic E-state index is 0.544. The fourth-order valence-corrected chi connectivity index (χ4v) is 2.00. The lowest BCUT2D eigenvalue weighted by atomic mass is 9.93. The molecular formula is C19H28F3N. The zero-order valence-electron chi connectivity index (χ0n) is 14.4. The molecular weight excluding hydrogens is 299 g/mol. The van der Waals surface area contributed by atoms with E-state index in [2.05, 4.69) is 25.4 Å². The van der Waals surface area contributed by atoms with Crippen LogP contribution in [0.25, 0.3) is 0 Å². The summed E-state index contributed by atoms with van der Waals surface area (Å²) >= 11 is 0. The van der Waals surface area contributed by atoms with Gasteiger partial charge in [0, 0.05) is 5.57 Å². The van der Waals surface area contributed by atoms with Crippen molar-refractivity contribution in [2.45, 2.75) is 46.2 Å². The summed E-state index contributed by atoms with van der Waals surface area (Å²) in [6.07, 6.45) is 4.52. The summed E-state index contributed by atoms with van der Waals surface area (Å²) in [6, 6.07) is 0. The van der Waals surface area contributed by atoms with Gasteiger partial charge in [-0.05, 0) is 63.4 Å². The molecule has 0 amide bonds. The van der Waals surface area contributed by atoms with Gasteiger partial charge in [0.2, 0.25) is 0 Å². The van der Waals surface area contributed by atoms with Crippen LogP contribution in [0, 0.1) is 0 Å². The number of alkyl halides is 3. The Kier molecular flexibility index (Phi) is 10.3. The molecule has 0 spiro atoms. The van der Waals surface area contributed by atoms with Gasteiger partial charge in [0.05, 0.1) is 0 Å². The van der Waals surface area contributed by atoms with Crippen molar-refractivity contribution in [1.82, 2.24) is 5.32 Å². The van der Waals surface area contributed by atoms with Crippen LogP contribution in [0.5, 0.6) is 0 Å². The van der Waals surface area contributed by atoms with Gasteiger partial charge in [0.25, 0.3) is 0 Å². The summed E-state index contributed by atoms with van der Waals surface area (Å²) in [4.78, 5) is 0. The van der Waals surface area contributed by atoms with Crippen LogP contribution in [0.4, 0.5) is 13.2 Å². The van der Waals surface area contributed by atoms with E-state index in [1.807, 2.05) is 19.1 Å². The number of halogens is 3. The van der Waals surface area contributed by atoms with Crippen LogP contribution < -0.4 is 5.32 Å². The molecule has 0 aliphatic rings. The first-order chi connectivity index (χ1) is 10.7. The van der Waals surface area contributed by atoms with E-state index in [9.17, 15) is 13.2 Å². The largest absolute Gasteiger partial charge is 0.415 e. The highest BCUT2D eigenvalue weighted by molar-refractivity contribution is 5.49. The molecule has 0 aromatic rings. The Bertz CT molecular complexity index is 479. The highest BCUT2D eigenvalue weighted by atomic mass is 19.4. The van der Waals surface area contributed by atoms with E-state index in [1.165, 1.54) is 0 Å². The second kappa shape index (κ2) is 11.1. The van der Waals surface area contributed by atoms with Gasteiger partial charge >= 0.3 is 6.18 Å². The van der Waals surface area contributed by atoms with E-state index in [0.717, 1.165) is 43.2 Å². The molecule has 0 aromatic heterocycles. The van der Waals surface area contributed by atoms with E-state index in [-0.39, 0.29) is 0 Å². The highest BCUT2D eigenvalue weighted by Gasteiger charge is 2.30. The van der Waals surface area contributed by atoms with Crippen LogP contribution in [-0.2, 0) is 0 Å². The van der Waals surface area contributed by atoms with Crippen molar-refractivity contribution in [2.24, 2.45) is 0 Å². The van der Waals surface area contributed by atoms with Crippen LogP contribution in [-0.4, -0.2) is 19.3 Å². The lowest BCUT2D eigenvalue weighted by molar-refractivity contribution is -0.0878. The van der Waals surface area contributed by atoms with Gasteiger partial charge in [-0.25, -0.2) is 0 Å². The van der Waals surface area contributed by atoms with Gasteiger partial charge in [-0.1, -0.05) is 43.9 Å². The molecule has 0 saturated carbocycles. The Balaban J connectivity index is 5.31. The number of hydrogen-bond acceptors (Lipinski definition) is 1. The van der Waals surface area contributed by atoms with Gasteiger partial charge in [0.1, 0.15) is 0 Å². The zero-order valence-corrected chi connectivity index (χ0v) is 14.4. The molecule has 0 aliphatic heterocycles. The average Bonchev–Trinajstić information content (AvgIpc) is 2.45. The normalized spacial score (nSPS) is 13.7. The van der Waals surface area contributed by atoms with Gasteiger partial charge < -0.3 is 5.32 Å². The number of hydrogen-bond donors (Lipinski definition) is 1. The molecule has 1 N–H and O–H groups in total. The van der Waals surface area contributed by atoms with Crippen LogP contribution in [0.15, 0.2) is 59.8 Å². The Hall–Kier alpha value is -1.55. The molecule has 0 atom stereocenters. The molecule has 130 valence electrons. The zero-order chi connectivity index (χ0) is 17.9. The molecule has 0 saturated heterocycles. The monoisotopic (exact) mass is 327 g/mol. The third-order valence-corrected chi connectivity index (χ3v) is 3.20. The highest BCUT2D eigenvalue weighted by Crippen LogP contribution is 2.30. The summed E-state index contributed by atoms with van der Waals surface area (Å²) in [5.74, 6) is 0. The fourth-order valence-electron chi connectivity index (χ4n) is 2.00. The third kappa shape index (κ3) is 9.24. The first-order valence-corrected chi connectivity index (χ1v) is 7.90. The second-order valence-electron chi connectivity index (χ2n) is 5.43. The minimum Gasteiger partial charge on any atom is -0.317 e. The SMILES string of the molecule is C=C(C)C(=C\C=C/C)/C(=C\C(=C)C(F)(F)F)CCCNCCC. The predicted molar refractivity (Wildman–Crippen MR) is 93.4 cm³/mol. The van der Waals surface area contributed by atoms with Crippen molar-refractivity contribution in [3.8, 4) is 0 Å². The minimum atomic E-state index is -4.41. The first kappa shape index (κ1) is 21.4. The lowest BCUT2D eigenvalue weighted by Crippen LogP contribution is -2.16. The van der Waals surface area contributed by atoms with Gasteiger partial charge in [-0.2, -0.15) is 13.2 Å². The number of rotatable bonds is 10. The van der Waals surface area contributed by atoms with Crippen molar-refractivity contribution in [3.63, 3.8) is 0 Å². The summed E-state index contributed by atoms with van der Waals surface area (Å²) in [6.45, 7) is 14.5. The van der Waals surface area contributed by atoms with Gasteiger partial charge in [0.15, 0.2) is 0 Å². The molecule has 0 bridgehead atoms. The smallest absolute Gasteiger partial charge is 0.317 e. The third-order valence-electron chi connectivity index (χ3n) is 3.20. The maximum atomic E-state index is 12.8. The molecule has 0 aliphatic carbocycles. The predicted octanol–water partition coefficient (Wildman–Crippen LogP) is 5.89. The summed E-state index contributed by atoms with van der Waals surface area (Å²) in [7, 11) is 0. The maximum Gasteiger partial charge on any atom is 0.415 e. The topological polar surface area (TPSA) is 12.0 Å². The Morgan fingerprint density at radius 2 is 1.83 bits per heavy atom. The average molecular weight is 327 g/mol. The quantitative estimate of drug-likeness (QED) is 0.390. The lowest BCUT2D eigenvalue weighted by Gasteiger charge is -2.15. The van der Waals surface area contributed by atoms with E-state index >= 15 is 0 Å². The van der Waals surface area contributed by atoms with Crippen LogP contribution in [0.3, 0.4) is 0 Å². The number of nitrogens with one attached hydrogen (secondary N) is 1. The van der Waals surface area contributed by atoms with Crippen molar-refractivity contribution >= 4 is 0 Å². The Morgan fingerprint density at radius 1 is 1.17 bits per heavy atom. The second-order valence-corrected chi connectivity index (χ2v) is 5.43. The molecule has 0 aromatic carbocycles. The molecule has 0 fully saturated rings. The summed E-state index contributed by atoms with van der Waals surface area (Å²) in [5, 5.41) is 3.26. The van der Waals surface area contributed by atoms with E-state index in [0.29, 0.717) is 12.0 Å². The molecule has 0 unspecified atom stereocenters. The van der Waals surface area contributed by atoms with Crippen molar-refractivity contribution < 1.29 is 13.2 Å². The molecule has 0 heterocycles. The molecule has 1 nitrogen and oxygen atoms in total. The van der Waals surface area contributed by atoms with Gasteiger partial charge in [-0.15, -0.1) is 0 Å². The van der Waals surface area contributed by atoms with E-state index in [1.54, 1.807) is 13.0 Å². The molecule has 4 heteroatoms. The van der Waals surface area contributed by atoms with Crippen LogP contribution in [0.2, 0.25) is 0 Å². The van der Waals surface area contributed by atoms with E-state index < -0.39 is 11.7 Å². The van der Waals surface area contributed by atoms with Crippen molar-refractivity contribution in [1.29, 1.82) is 0 Å². The van der Waals surface area contributed by atoms with Crippen molar-refractivity contribution in [2.75, 3.05) is 13.1 Å². The fraction of sp³-hybridized carbons (Fsp3) is 0.474. The first-order valence-electron chi connectivity index (χ1n) is 7.90. The van der Waals surface area contributed by atoms with Crippen LogP contribution >= 0.6 is 0 Å². The summed E-state index contributed by atoms with van der Waals surface area (Å²) < 4.78 is 38.4.